The van der Waals surface area contributed by atoms with Crippen molar-refractivity contribution >= 4 is 6.01 Å². The van der Waals surface area contributed by atoms with Crippen LogP contribution in [0, 0.1) is 0 Å². The van der Waals surface area contributed by atoms with E-state index < -0.39 is 0 Å². The van der Waals surface area contributed by atoms with Crippen LogP contribution >= 0.6 is 0 Å². The van der Waals surface area contributed by atoms with E-state index in [4.69, 9.17) is 10.2 Å². The van der Waals surface area contributed by atoms with Crippen LogP contribution in [0.25, 0.3) is 0 Å². The van der Waals surface area contributed by atoms with Crippen LogP contribution in [-0.2, 0) is 6.42 Å². The fraction of sp³-hybridized carbons (Fsp3) is 0.818. The third kappa shape index (κ3) is 2.58. The van der Waals surface area contributed by atoms with Gasteiger partial charge in [-0.15, -0.1) is 5.10 Å². The van der Waals surface area contributed by atoms with E-state index >= 15 is 0 Å². The zero-order chi connectivity index (χ0) is 11.7. The first-order valence-electron chi connectivity index (χ1n) is 6.38. The number of nitrogens with zero attached hydrogens (tertiary/aromatic N) is 3. The molecule has 2 fully saturated rings. The van der Waals surface area contributed by atoms with E-state index in [9.17, 15) is 0 Å². The molecule has 0 aromatic carbocycles. The van der Waals surface area contributed by atoms with E-state index in [2.05, 4.69) is 20.4 Å². The van der Waals surface area contributed by atoms with Crippen molar-refractivity contribution in [3.8, 4) is 0 Å². The third-order valence-electron chi connectivity index (χ3n) is 3.44. The zero-order valence-corrected chi connectivity index (χ0v) is 9.93. The summed E-state index contributed by atoms with van der Waals surface area (Å²) in [5, 5.41) is 11.2. The second-order valence-electron chi connectivity index (χ2n) is 4.90. The fourth-order valence-electron chi connectivity index (χ4n) is 2.39. The molecule has 0 bridgehead atoms. The number of likely N-dealkylation sites (tertiary alicyclic amines) is 1. The average Bonchev–Trinajstić information content (AvgIpc) is 2.92. The molecule has 17 heavy (non-hydrogen) atoms. The lowest BCUT2D eigenvalue weighted by atomic mass is 10.3. The largest absolute Gasteiger partial charge is 0.408 e. The molecule has 0 spiro atoms. The average molecular weight is 237 g/mol. The lowest BCUT2D eigenvalue weighted by Crippen LogP contribution is -2.27. The number of aromatic nitrogens is 2. The van der Waals surface area contributed by atoms with Crippen molar-refractivity contribution in [2.75, 3.05) is 25.0 Å². The van der Waals surface area contributed by atoms with Gasteiger partial charge in [-0.25, -0.2) is 0 Å². The Morgan fingerprint density at radius 1 is 1.35 bits per heavy atom. The van der Waals surface area contributed by atoms with Gasteiger partial charge in [0.05, 0.1) is 0 Å². The molecule has 94 valence electrons. The molecule has 1 aromatic heterocycles. The van der Waals surface area contributed by atoms with Crippen LogP contribution in [0.5, 0.6) is 0 Å². The number of nitrogens with one attached hydrogen (secondary N) is 1. The maximum Gasteiger partial charge on any atom is 0.315 e. The molecule has 1 aliphatic heterocycles. The first-order chi connectivity index (χ1) is 8.35. The summed E-state index contributed by atoms with van der Waals surface area (Å²) in [6.45, 7) is 2.83. The van der Waals surface area contributed by atoms with Gasteiger partial charge < -0.3 is 15.5 Å². The molecule has 6 heteroatoms. The highest BCUT2D eigenvalue weighted by molar-refractivity contribution is 5.21. The Bertz CT molecular complexity index is 376. The second-order valence-corrected chi connectivity index (χ2v) is 4.90. The van der Waals surface area contributed by atoms with Crippen LogP contribution in [-0.4, -0.2) is 46.8 Å². The predicted molar refractivity (Wildman–Crippen MR) is 63.7 cm³/mol. The molecule has 1 saturated carbocycles. The van der Waals surface area contributed by atoms with Gasteiger partial charge in [-0.3, -0.25) is 4.90 Å². The van der Waals surface area contributed by atoms with E-state index in [1.165, 1.54) is 19.4 Å². The van der Waals surface area contributed by atoms with Crippen LogP contribution < -0.4 is 11.1 Å². The molecule has 1 aromatic rings. The Kier molecular flexibility index (Phi) is 2.98. The van der Waals surface area contributed by atoms with Gasteiger partial charge in [0.15, 0.2) is 0 Å². The first kappa shape index (κ1) is 11.0. The molecule has 1 unspecified atom stereocenters. The van der Waals surface area contributed by atoms with Crippen LogP contribution in [0.1, 0.15) is 25.2 Å². The van der Waals surface area contributed by atoms with Crippen molar-refractivity contribution in [3.05, 3.63) is 5.89 Å². The van der Waals surface area contributed by atoms with Crippen molar-refractivity contribution in [1.82, 2.24) is 15.1 Å². The van der Waals surface area contributed by atoms with Gasteiger partial charge in [0, 0.05) is 38.1 Å². The van der Waals surface area contributed by atoms with Crippen molar-refractivity contribution in [2.45, 2.75) is 37.8 Å². The summed E-state index contributed by atoms with van der Waals surface area (Å²) in [7, 11) is 0. The van der Waals surface area contributed by atoms with Gasteiger partial charge in [-0.1, -0.05) is 5.10 Å². The van der Waals surface area contributed by atoms with Gasteiger partial charge in [-0.05, 0) is 19.3 Å². The molecule has 3 N–H and O–H groups in total. The summed E-state index contributed by atoms with van der Waals surface area (Å²) in [6.07, 6.45) is 4.54. The van der Waals surface area contributed by atoms with E-state index in [1.807, 2.05) is 0 Å². The topological polar surface area (TPSA) is 80.2 Å². The number of rotatable bonds is 5. The summed E-state index contributed by atoms with van der Waals surface area (Å²) in [5.41, 5.74) is 5.44. The number of hydrogen-bond donors (Lipinski definition) is 2. The van der Waals surface area contributed by atoms with Crippen molar-refractivity contribution < 1.29 is 4.42 Å². The summed E-state index contributed by atoms with van der Waals surface area (Å²) < 4.78 is 5.47. The zero-order valence-electron chi connectivity index (χ0n) is 9.93. The van der Waals surface area contributed by atoms with Crippen LogP contribution in [0.2, 0.25) is 0 Å². The molecule has 0 amide bonds. The summed E-state index contributed by atoms with van der Waals surface area (Å²) in [5.74, 6) is 0.618. The first-order valence-corrected chi connectivity index (χ1v) is 6.38. The monoisotopic (exact) mass is 237 g/mol. The third-order valence-corrected chi connectivity index (χ3v) is 3.44. The summed E-state index contributed by atoms with van der Waals surface area (Å²) >= 11 is 0. The molecular weight excluding hydrogens is 218 g/mol. The SMILES string of the molecule is NCCc1nnc(NC2CCN(C3CC3)C2)o1. The maximum atomic E-state index is 5.47. The van der Waals surface area contributed by atoms with E-state index in [-0.39, 0.29) is 0 Å². The quantitative estimate of drug-likeness (QED) is 0.762. The van der Waals surface area contributed by atoms with Crippen molar-refractivity contribution in [1.29, 1.82) is 0 Å². The Hall–Kier alpha value is -1.14. The lowest BCUT2D eigenvalue weighted by molar-refractivity contribution is 0.325. The standard InChI is InChI=1S/C11H19N5O/c12-5-3-10-14-15-11(17-10)13-8-4-6-16(7-8)9-1-2-9/h8-9H,1-7,12H2,(H,13,15). The minimum Gasteiger partial charge on any atom is -0.408 e. The number of hydrogen-bond acceptors (Lipinski definition) is 6. The molecule has 1 aliphatic carbocycles. The lowest BCUT2D eigenvalue weighted by Gasteiger charge is -2.14. The molecule has 1 atom stereocenters. The molecule has 3 rings (SSSR count). The molecule has 0 radical (unpaired) electrons. The normalized spacial score (nSPS) is 25.4. The second kappa shape index (κ2) is 4.62. The molecule has 1 saturated heterocycles. The van der Waals surface area contributed by atoms with Gasteiger partial charge in [0.2, 0.25) is 5.89 Å². The van der Waals surface area contributed by atoms with E-state index in [0.717, 1.165) is 19.0 Å². The van der Waals surface area contributed by atoms with Gasteiger partial charge in [0.25, 0.3) is 0 Å². The highest BCUT2D eigenvalue weighted by Crippen LogP contribution is 2.30. The van der Waals surface area contributed by atoms with Crippen LogP contribution in [0.3, 0.4) is 0 Å². The highest BCUT2D eigenvalue weighted by atomic mass is 16.4. The number of anilines is 1. The van der Waals surface area contributed by atoms with Crippen molar-refractivity contribution in [3.63, 3.8) is 0 Å². The fourth-order valence-corrected chi connectivity index (χ4v) is 2.39. The minimum absolute atomic E-state index is 0.446. The van der Waals surface area contributed by atoms with Crippen molar-refractivity contribution in [2.24, 2.45) is 5.73 Å². The molecule has 6 nitrogen and oxygen atoms in total. The molecular formula is C11H19N5O. The minimum atomic E-state index is 0.446. The van der Waals surface area contributed by atoms with E-state index in [1.54, 1.807) is 0 Å². The van der Waals surface area contributed by atoms with Crippen LogP contribution in [0.4, 0.5) is 6.01 Å². The molecule has 2 aliphatic rings. The molecule has 2 heterocycles. The number of nitrogens with two attached hydrogens (primary N) is 1. The Morgan fingerprint density at radius 3 is 3.00 bits per heavy atom. The summed E-state index contributed by atoms with van der Waals surface area (Å²) in [4.78, 5) is 2.55. The Balaban J connectivity index is 1.52. The van der Waals surface area contributed by atoms with Gasteiger partial charge in [-0.2, -0.15) is 0 Å². The Labute approximate surface area is 101 Å². The predicted octanol–water partition coefficient (Wildman–Crippen LogP) is 0.219. The smallest absolute Gasteiger partial charge is 0.315 e. The van der Waals surface area contributed by atoms with Gasteiger partial charge in [0.1, 0.15) is 0 Å². The van der Waals surface area contributed by atoms with Gasteiger partial charge >= 0.3 is 6.01 Å². The highest BCUT2D eigenvalue weighted by Gasteiger charge is 2.34. The van der Waals surface area contributed by atoms with Crippen LogP contribution in [0.15, 0.2) is 4.42 Å². The van der Waals surface area contributed by atoms with E-state index in [0.29, 0.717) is 30.9 Å². The summed E-state index contributed by atoms with van der Waals surface area (Å²) in [6, 6.07) is 1.83. The maximum absolute atomic E-state index is 5.47. The Morgan fingerprint density at radius 2 is 2.24 bits per heavy atom.